The molecule has 1 unspecified atom stereocenters. The van der Waals surface area contributed by atoms with Crippen molar-refractivity contribution in [3.8, 4) is 11.1 Å². The van der Waals surface area contributed by atoms with E-state index >= 15 is 0 Å². The van der Waals surface area contributed by atoms with E-state index in [4.69, 9.17) is 28.3 Å². The topological polar surface area (TPSA) is 20.2 Å². The van der Waals surface area contributed by atoms with Crippen LogP contribution in [0.25, 0.3) is 11.1 Å². The van der Waals surface area contributed by atoms with Gasteiger partial charge in [0, 0.05) is 33.7 Å². The van der Waals surface area contributed by atoms with Crippen LogP contribution in [0.4, 0.5) is 4.39 Å². The maximum absolute atomic E-state index is 14.1. The molecule has 0 saturated carbocycles. The van der Waals surface area contributed by atoms with E-state index in [1.165, 1.54) is 6.07 Å². The van der Waals surface area contributed by atoms with Crippen molar-refractivity contribution >= 4 is 23.2 Å². The maximum atomic E-state index is 14.1. The van der Waals surface area contributed by atoms with Crippen molar-refractivity contribution in [3.63, 3.8) is 0 Å². The second kappa shape index (κ2) is 5.91. The predicted molar refractivity (Wildman–Crippen MR) is 77.4 cm³/mol. The summed E-state index contributed by atoms with van der Waals surface area (Å²) in [5, 5.41) is 10.0. The molecule has 19 heavy (non-hydrogen) atoms. The van der Waals surface area contributed by atoms with Crippen LogP contribution in [-0.4, -0.2) is 11.7 Å². The lowest BCUT2D eigenvalue weighted by Crippen LogP contribution is -2.00. The van der Waals surface area contributed by atoms with Gasteiger partial charge in [-0.1, -0.05) is 48.3 Å². The lowest BCUT2D eigenvalue weighted by molar-refractivity contribution is 0.273. The normalized spacial score (nSPS) is 12.5. The van der Waals surface area contributed by atoms with Crippen molar-refractivity contribution in [2.75, 3.05) is 6.61 Å². The third kappa shape index (κ3) is 3.08. The SMILES string of the molecule is CC(CO)c1ccc(-c2ccc(Cl)cc2Cl)c(F)c1. The highest BCUT2D eigenvalue weighted by Crippen LogP contribution is 2.33. The molecule has 2 aromatic carbocycles. The summed E-state index contributed by atoms with van der Waals surface area (Å²) >= 11 is 11.9. The van der Waals surface area contributed by atoms with E-state index in [0.717, 1.165) is 5.56 Å². The summed E-state index contributed by atoms with van der Waals surface area (Å²) in [6, 6.07) is 9.85. The van der Waals surface area contributed by atoms with E-state index in [1.807, 2.05) is 6.92 Å². The van der Waals surface area contributed by atoms with Crippen LogP contribution in [-0.2, 0) is 0 Å². The first kappa shape index (κ1) is 14.3. The fraction of sp³-hybridized carbons (Fsp3) is 0.200. The summed E-state index contributed by atoms with van der Waals surface area (Å²) in [6.07, 6.45) is 0. The molecule has 0 aromatic heterocycles. The molecule has 100 valence electrons. The zero-order chi connectivity index (χ0) is 14.0. The van der Waals surface area contributed by atoms with E-state index < -0.39 is 0 Å². The molecular formula is C15H13Cl2FO. The number of benzene rings is 2. The van der Waals surface area contributed by atoms with Crippen molar-refractivity contribution < 1.29 is 9.50 Å². The van der Waals surface area contributed by atoms with Crippen molar-refractivity contribution in [2.45, 2.75) is 12.8 Å². The van der Waals surface area contributed by atoms with E-state index in [2.05, 4.69) is 0 Å². The first-order valence-corrected chi connectivity index (χ1v) is 6.64. The van der Waals surface area contributed by atoms with E-state index in [0.29, 0.717) is 21.2 Å². The minimum absolute atomic E-state index is 0.0134. The molecule has 0 bridgehead atoms. The minimum atomic E-state index is -0.359. The van der Waals surface area contributed by atoms with Crippen LogP contribution in [0, 0.1) is 5.82 Å². The quantitative estimate of drug-likeness (QED) is 0.855. The molecule has 1 nitrogen and oxygen atoms in total. The molecule has 0 fully saturated rings. The molecule has 1 N–H and O–H groups in total. The molecule has 0 aliphatic rings. The number of aliphatic hydroxyl groups excluding tert-OH is 1. The summed E-state index contributed by atoms with van der Waals surface area (Å²) < 4.78 is 14.1. The highest BCUT2D eigenvalue weighted by atomic mass is 35.5. The lowest BCUT2D eigenvalue weighted by atomic mass is 9.97. The highest BCUT2D eigenvalue weighted by molar-refractivity contribution is 6.36. The van der Waals surface area contributed by atoms with E-state index in [1.54, 1.807) is 30.3 Å². The molecular weight excluding hydrogens is 286 g/mol. The minimum Gasteiger partial charge on any atom is -0.396 e. The molecule has 0 aliphatic heterocycles. The van der Waals surface area contributed by atoms with Gasteiger partial charge in [0.05, 0.1) is 0 Å². The number of rotatable bonds is 3. The average molecular weight is 299 g/mol. The number of aliphatic hydroxyl groups is 1. The van der Waals surface area contributed by atoms with Crippen LogP contribution in [0.1, 0.15) is 18.4 Å². The number of halogens is 3. The van der Waals surface area contributed by atoms with Gasteiger partial charge >= 0.3 is 0 Å². The van der Waals surface area contributed by atoms with E-state index in [9.17, 15) is 4.39 Å². The molecule has 1 atom stereocenters. The Hall–Kier alpha value is -1.09. The lowest BCUT2D eigenvalue weighted by Gasteiger charge is -2.11. The molecule has 2 rings (SSSR count). The van der Waals surface area contributed by atoms with Gasteiger partial charge in [0.15, 0.2) is 0 Å². The highest BCUT2D eigenvalue weighted by Gasteiger charge is 2.12. The van der Waals surface area contributed by atoms with Crippen molar-refractivity contribution in [1.29, 1.82) is 0 Å². The fourth-order valence-electron chi connectivity index (χ4n) is 1.87. The summed E-state index contributed by atoms with van der Waals surface area (Å²) in [7, 11) is 0. The Morgan fingerprint density at radius 2 is 1.79 bits per heavy atom. The Morgan fingerprint density at radius 1 is 1.11 bits per heavy atom. The summed E-state index contributed by atoms with van der Waals surface area (Å²) in [5.41, 5.74) is 1.79. The van der Waals surface area contributed by atoms with E-state index in [-0.39, 0.29) is 18.3 Å². The molecule has 2 aromatic rings. The maximum Gasteiger partial charge on any atom is 0.131 e. The van der Waals surface area contributed by atoms with Crippen LogP contribution in [0.2, 0.25) is 10.0 Å². The van der Waals surface area contributed by atoms with Crippen molar-refractivity contribution in [3.05, 3.63) is 57.8 Å². The average Bonchev–Trinajstić information content (AvgIpc) is 2.38. The molecule has 0 heterocycles. The number of hydrogen-bond acceptors (Lipinski definition) is 1. The largest absolute Gasteiger partial charge is 0.396 e. The monoisotopic (exact) mass is 298 g/mol. The Morgan fingerprint density at radius 3 is 2.37 bits per heavy atom. The number of hydrogen-bond donors (Lipinski definition) is 1. The zero-order valence-electron chi connectivity index (χ0n) is 10.3. The first-order valence-electron chi connectivity index (χ1n) is 5.88. The van der Waals surface area contributed by atoms with Gasteiger partial charge in [0.2, 0.25) is 0 Å². The van der Waals surface area contributed by atoms with Crippen molar-refractivity contribution in [2.24, 2.45) is 0 Å². The van der Waals surface area contributed by atoms with Gasteiger partial charge in [-0.15, -0.1) is 0 Å². The summed E-state index contributed by atoms with van der Waals surface area (Å²) in [4.78, 5) is 0. The standard InChI is InChI=1S/C15H13Cl2FO/c1-9(8-19)10-2-4-13(15(18)6-10)12-5-3-11(16)7-14(12)17/h2-7,9,19H,8H2,1H3. The van der Waals surface area contributed by atoms with Crippen LogP contribution in [0.15, 0.2) is 36.4 Å². The van der Waals surface area contributed by atoms with Gasteiger partial charge in [-0.05, 0) is 23.8 Å². The smallest absolute Gasteiger partial charge is 0.131 e. The molecule has 0 aliphatic carbocycles. The molecule has 0 amide bonds. The Balaban J connectivity index is 2.46. The second-order valence-corrected chi connectivity index (χ2v) is 5.29. The summed E-state index contributed by atoms with van der Waals surface area (Å²) in [6.45, 7) is 1.82. The van der Waals surface area contributed by atoms with Crippen LogP contribution in [0.3, 0.4) is 0 Å². The zero-order valence-corrected chi connectivity index (χ0v) is 11.8. The van der Waals surface area contributed by atoms with Gasteiger partial charge in [0.25, 0.3) is 0 Å². The molecule has 0 radical (unpaired) electrons. The van der Waals surface area contributed by atoms with Gasteiger partial charge in [-0.2, -0.15) is 0 Å². The third-order valence-electron chi connectivity index (χ3n) is 3.06. The Labute approximate surface area is 121 Å². The Bertz CT molecular complexity index is 599. The first-order chi connectivity index (χ1) is 9.02. The van der Waals surface area contributed by atoms with Crippen LogP contribution < -0.4 is 0 Å². The van der Waals surface area contributed by atoms with Crippen LogP contribution >= 0.6 is 23.2 Å². The molecule has 4 heteroatoms. The van der Waals surface area contributed by atoms with Gasteiger partial charge < -0.3 is 5.11 Å². The van der Waals surface area contributed by atoms with Gasteiger partial charge in [0.1, 0.15) is 5.82 Å². The van der Waals surface area contributed by atoms with Crippen molar-refractivity contribution in [1.82, 2.24) is 0 Å². The fourth-order valence-corrected chi connectivity index (χ4v) is 2.38. The van der Waals surface area contributed by atoms with Crippen LogP contribution in [0.5, 0.6) is 0 Å². The second-order valence-electron chi connectivity index (χ2n) is 4.45. The predicted octanol–water partition coefficient (Wildman–Crippen LogP) is 4.90. The molecule has 0 saturated heterocycles. The molecule has 0 spiro atoms. The Kier molecular flexibility index (Phi) is 4.46. The third-order valence-corrected chi connectivity index (χ3v) is 3.61. The van der Waals surface area contributed by atoms with Gasteiger partial charge in [-0.3, -0.25) is 0 Å². The summed E-state index contributed by atoms with van der Waals surface area (Å²) in [5.74, 6) is -0.453. The van der Waals surface area contributed by atoms with Gasteiger partial charge in [-0.25, -0.2) is 4.39 Å².